The van der Waals surface area contributed by atoms with Crippen LogP contribution in [0.3, 0.4) is 0 Å². The lowest BCUT2D eigenvalue weighted by Crippen LogP contribution is -2.47. The first kappa shape index (κ1) is 18.2. The Labute approximate surface area is 160 Å². The molecule has 1 aromatic carbocycles. The van der Waals surface area contributed by atoms with Crippen molar-refractivity contribution in [2.45, 2.75) is 45.3 Å². The van der Waals surface area contributed by atoms with Gasteiger partial charge in [0.05, 0.1) is 18.9 Å². The highest BCUT2D eigenvalue weighted by molar-refractivity contribution is 5.92. The van der Waals surface area contributed by atoms with Gasteiger partial charge in [-0.1, -0.05) is 26.0 Å². The van der Waals surface area contributed by atoms with Crippen LogP contribution in [0.4, 0.5) is 0 Å². The van der Waals surface area contributed by atoms with Gasteiger partial charge in [-0.25, -0.2) is 4.68 Å². The van der Waals surface area contributed by atoms with E-state index in [1.54, 1.807) is 0 Å². The summed E-state index contributed by atoms with van der Waals surface area (Å²) in [5, 5.41) is 4.58. The molecule has 3 heterocycles. The lowest BCUT2D eigenvalue weighted by molar-refractivity contribution is -0.181. The Bertz CT molecular complexity index is 810. The van der Waals surface area contributed by atoms with Crippen molar-refractivity contribution < 1.29 is 14.3 Å². The molecule has 27 heavy (non-hydrogen) atoms. The molecule has 6 heteroatoms. The van der Waals surface area contributed by atoms with Crippen molar-refractivity contribution in [2.24, 2.45) is 0 Å². The van der Waals surface area contributed by atoms with Gasteiger partial charge in [0.25, 0.3) is 5.91 Å². The van der Waals surface area contributed by atoms with E-state index in [9.17, 15) is 4.79 Å². The summed E-state index contributed by atoms with van der Waals surface area (Å²) < 4.78 is 13.3. The Balaban J connectivity index is 1.48. The molecule has 2 saturated heterocycles. The molecule has 2 aliphatic heterocycles. The Morgan fingerprint density at radius 3 is 2.33 bits per heavy atom. The summed E-state index contributed by atoms with van der Waals surface area (Å²) in [6, 6.07) is 10.2. The number of aromatic nitrogens is 2. The molecule has 1 amide bonds. The van der Waals surface area contributed by atoms with Crippen molar-refractivity contribution in [3.63, 3.8) is 0 Å². The van der Waals surface area contributed by atoms with Crippen LogP contribution in [0.1, 0.15) is 54.4 Å². The molecule has 0 radical (unpaired) electrons. The molecule has 144 valence electrons. The summed E-state index contributed by atoms with van der Waals surface area (Å²) >= 11 is 0. The summed E-state index contributed by atoms with van der Waals surface area (Å²) in [6.45, 7) is 8.89. The van der Waals surface area contributed by atoms with Gasteiger partial charge >= 0.3 is 0 Å². The van der Waals surface area contributed by atoms with E-state index in [1.165, 1.54) is 5.56 Å². The van der Waals surface area contributed by atoms with Gasteiger partial charge in [0, 0.05) is 31.6 Å². The van der Waals surface area contributed by atoms with Crippen molar-refractivity contribution in [3.8, 4) is 5.69 Å². The molecular formula is C21H27N3O3. The lowest BCUT2D eigenvalue weighted by Gasteiger charge is -2.37. The summed E-state index contributed by atoms with van der Waals surface area (Å²) in [6.07, 6.45) is 1.43. The van der Waals surface area contributed by atoms with E-state index in [-0.39, 0.29) is 5.91 Å². The Morgan fingerprint density at radius 2 is 1.74 bits per heavy atom. The minimum atomic E-state index is -0.468. The standard InChI is InChI=1S/C21H27N3O3/c1-15(2)17-4-6-18(7-5-17)24-16(3)14-19(22-24)20(25)23-10-8-21(9-11-23)26-12-13-27-21/h4-7,14-15H,8-13H2,1-3H3. The number of benzene rings is 1. The van der Waals surface area contributed by atoms with Crippen LogP contribution in [-0.4, -0.2) is 52.7 Å². The summed E-state index contributed by atoms with van der Waals surface area (Å²) in [5.41, 5.74) is 3.70. The third-order valence-corrected chi connectivity index (χ3v) is 5.54. The molecular weight excluding hydrogens is 342 g/mol. The maximum atomic E-state index is 12.9. The fourth-order valence-corrected chi connectivity index (χ4v) is 3.84. The number of aryl methyl sites for hydroxylation is 1. The molecule has 2 aliphatic rings. The van der Waals surface area contributed by atoms with E-state index < -0.39 is 5.79 Å². The van der Waals surface area contributed by atoms with E-state index >= 15 is 0 Å². The van der Waals surface area contributed by atoms with Gasteiger partial charge in [-0.15, -0.1) is 0 Å². The van der Waals surface area contributed by atoms with Gasteiger partial charge < -0.3 is 14.4 Å². The number of amides is 1. The Morgan fingerprint density at radius 1 is 1.11 bits per heavy atom. The molecule has 2 fully saturated rings. The van der Waals surface area contributed by atoms with E-state index in [0.29, 0.717) is 37.9 Å². The largest absolute Gasteiger partial charge is 0.347 e. The topological polar surface area (TPSA) is 56.6 Å². The van der Waals surface area contributed by atoms with E-state index in [1.807, 2.05) is 22.6 Å². The van der Waals surface area contributed by atoms with Crippen molar-refractivity contribution >= 4 is 5.91 Å². The number of hydrogen-bond acceptors (Lipinski definition) is 4. The quantitative estimate of drug-likeness (QED) is 0.833. The van der Waals surface area contributed by atoms with Crippen LogP contribution in [0.15, 0.2) is 30.3 Å². The van der Waals surface area contributed by atoms with E-state index in [0.717, 1.165) is 24.2 Å². The maximum absolute atomic E-state index is 12.9. The SMILES string of the molecule is Cc1cc(C(=O)N2CCC3(CC2)OCCO3)nn1-c1ccc(C(C)C)cc1. The highest BCUT2D eigenvalue weighted by Gasteiger charge is 2.41. The highest BCUT2D eigenvalue weighted by Crippen LogP contribution is 2.31. The maximum Gasteiger partial charge on any atom is 0.274 e. The van der Waals surface area contributed by atoms with Gasteiger partial charge in [-0.05, 0) is 36.6 Å². The van der Waals surface area contributed by atoms with Gasteiger partial charge in [0.2, 0.25) is 0 Å². The van der Waals surface area contributed by atoms with Crippen LogP contribution >= 0.6 is 0 Å². The van der Waals surface area contributed by atoms with Crippen LogP contribution in [-0.2, 0) is 9.47 Å². The van der Waals surface area contributed by atoms with Crippen molar-refractivity contribution in [3.05, 3.63) is 47.3 Å². The second kappa shape index (κ2) is 7.09. The molecule has 0 N–H and O–H groups in total. The van der Waals surface area contributed by atoms with Crippen molar-refractivity contribution in [1.29, 1.82) is 0 Å². The number of nitrogens with zero attached hydrogens (tertiary/aromatic N) is 3. The van der Waals surface area contributed by atoms with Crippen LogP contribution in [0, 0.1) is 6.92 Å². The monoisotopic (exact) mass is 369 g/mol. The first-order valence-corrected chi connectivity index (χ1v) is 9.72. The predicted molar refractivity (Wildman–Crippen MR) is 102 cm³/mol. The van der Waals surface area contributed by atoms with Gasteiger partial charge in [0.1, 0.15) is 0 Å². The summed E-state index contributed by atoms with van der Waals surface area (Å²) in [5.74, 6) is -0.00172. The van der Waals surface area contributed by atoms with E-state index in [4.69, 9.17) is 9.47 Å². The zero-order valence-corrected chi connectivity index (χ0v) is 16.3. The van der Waals surface area contributed by atoms with Crippen LogP contribution in [0.25, 0.3) is 5.69 Å². The van der Waals surface area contributed by atoms with Crippen LogP contribution in [0.2, 0.25) is 0 Å². The van der Waals surface area contributed by atoms with Crippen LogP contribution in [0.5, 0.6) is 0 Å². The van der Waals surface area contributed by atoms with Gasteiger partial charge in [0.15, 0.2) is 11.5 Å². The molecule has 6 nitrogen and oxygen atoms in total. The highest BCUT2D eigenvalue weighted by atomic mass is 16.7. The normalized spacial score (nSPS) is 19.2. The minimum Gasteiger partial charge on any atom is -0.347 e. The van der Waals surface area contributed by atoms with Crippen LogP contribution < -0.4 is 0 Å². The van der Waals surface area contributed by atoms with Gasteiger partial charge in [-0.3, -0.25) is 4.79 Å². The molecule has 2 aromatic rings. The molecule has 0 bridgehead atoms. The minimum absolute atomic E-state index is 0.0245. The summed E-state index contributed by atoms with van der Waals surface area (Å²) in [4.78, 5) is 14.8. The molecule has 0 atom stereocenters. The summed E-state index contributed by atoms with van der Waals surface area (Å²) in [7, 11) is 0. The Kier molecular flexibility index (Phi) is 4.78. The average molecular weight is 369 g/mol. The fourth-order valence-electron chi connectivity index (χ4n) is 3.84. The second-order valence-electron chi connectivity index (χ2n) is 7.73. The second-order valence-corrected chi connectivity index (χ2v) is 7.73. The lowest BCUT2D eigenvalue weighted by atomic mass is 10.0. The zero-order valence-electron chi connectivity index (χ0n) is 16.3. The third-order valence-electron chi connectivity index (χ3n) is 5.54. The molecule has 4 rings (SSSR count). The third kappa shape index (κ3) is 3.51. The van der Waals surface area contributed by atoms with Crippen molar-refractivity contribution in [2.75, 3.05) is 26.3 Å². The number of carbonyl (C=O) groups is 1. The molecule has 0 unspecified atom stereocenters. The number of hydrogen-bond donors (Lipinski definition) is 0. The number of rotatable bonds is 3. The number of ether oxygens (including phenoxy) is 2. The number of likely N-dealkylation sites (tertiary alicyclic amines) is 1. The zero-order chi connectivity index (χ0) is 19.0. The van der Waals surface area contributed by atoms with Gasteiger partial charge in [-0.2, -0.15) is 5.10 Å². The molecule has 1 spiro atoms. The Hall–Kier alpha value is -2.18. The average Bonchev–Trinajstić information content (AvgIpc) is 3.29. The molecule has 1 aromatic heterocycles. The number of carbonyl (C=O) groups excluding carboxylic acids is 1. The fraction of sp³-hybridized carbons (Fsp3) is 0.524. The molecule has 0 aliphatic carbocycles. The van der Waals surface area contributed by atoms with E-state index in [2.05, 4.69) is 43.2 Å². The molecule has 0 saturated carbocycles. The van der Waals surface area contributed by atoms with Crippen molar-refractivity contribution in [1.82, 2.24) is 14.7 Å². The first-order valence-electron chi connectivity index (χ1n) is 9.72. The predicted octanol–water partition coefficient (Wildman–Crippen LogP) is 3.28. The first-order chi connectivity index (χ1) is 13.0. The smallest absolute Gasteiger partial charge is 0.274 e. The number of piperidine rings is 1.